The Bertz CT molecular complexity index is 677. The van der Waals surface area contributed by atoms with E-state index in [1.54, 1.807) is 25.5 Å². The summed E-state index contributed by atoms with van der Waals surface area (Å²) in [6.45, 7) is 7.93. The number of aliphatic imine (C=N–C) groups is 1. The molecule has 6 heteroatoms. The van der Waals surface area contributed by atoms with E-state index in [2.05, 4.69) is 53.5 Å². The molecule has 0 fully saturated rings. The maximum absolute atomic E-state index is 5.22. The summed E-state index contributed by atoms with van der Waals surface area (Å²) in [7, 11) is 3.46. The quantitative estimate of drug-likeness (QED) is 0.623. The van der Waals surface area contributed by atoms with Gasteiger partial charge in [0.25, 0.3) is 0 Å². The smallest absolute Gasteiger partial charge is 0.191 e. The van der Waals surface area contributed by atoms with Crippen molar-refractivity contribution in [3.05, 3.63) is 45.9 Å². The van der Waals surface area contributed by atoms with Crippen LogP contribution in [0.4, 0.5) is 0 Å². The van der Waals surface area contributed by atoms with Crippen LogP contribution in [0.3, 0.4) is 0 Å². The first-order valence-corrected chi connectivity index (χ1v) is 8.76. The fourth-order valence-corrected chi connectivity index (χ4v) is 3.04. The lowest BCUT2D eigenvalue weighted by Crippen LogP contribution is -2.43. The number of nitrogens with one attached hydrogen (secondary N) is 2. The van der Waals surface area contributed by atoms with Crippen LogP contribution < -0.4 is 15.4 Å². The van der Waals surface area contributed by atoms with Crippen molar-refractivity contribution in [2.45, 2.75) is 32.7 Å². The van der Waals surface area contributed by atoms with E-state index in [0.717, 1.165) is 23.3 Å². The average Bonchev–Trinajstić information content (AvgIpc) is 3.00. The molecule has 0 aliphatic heterocycles. The number of guanidine groups is 1. The molecule has 0 amide bonds. The zero-order chi connectivity index (χ0) is 17.6. The topological polar surface area (TPSA) is 58.5 Å². The number of aromatic nitrogens is 1. The number of aryl methyl sites for hydroxylation is 1. The normalized spacial score (nSPS) is 12.1. The second-order valence-corrected chi connectivity index (χ2v) is 7.58. The molecule has 0 saturated carbocycles. The van der Waals surface area contributed by atoms with E-state index in [-0.39, 0.29) is 5.41 Å². The SMILES string of the molecule is CN=C(NCc1ncc(C)s1)NCC(C)(C)c1ccc(OC)cc1. The Hall–Kier alpha value is -2.08. The highest BCUT2D eigenvalue weighted by molar-refractivity contribution is 7.11. The van der Waals surface area contributed by atoms with Crippen LogP contribution in [0.25, 0.3) is 0 Å². The largest absolute Gasteiger partial charge is 0.497 e. The van der Waals surface area contributed by atoms with E-state index < -0.39 is 0 Å². The third kappa shape index (κ3) is 4.96. The fraction of sp³-hybridized carbons (Fsp3) is 0.444. The maximum Gasteiger partial charge on any atom is 0.191 e. The molecule has 1 aromatic carbocycles. The minimum Gasteiger partial charge on any atom is -0.497 e. The van der Waals surface area contributed by atoms with Crippen molar-refractivity contribution in [2.75, 3.05) is 20.7 Å². The molecule has 0 aliphatic rings. The zero-order valence-electron chi connectivity index (χ0n) is 15.0. The maximum atomic E-state index is 5.22. The van der Waals surface area contributed by atoms with Gasteiger partial charge in [0, 0.05) is 30.1 Å². The van der Waals surface area contributed by atoms with Crippen molar-refractivity contribution >= 4 is 17.3 Å². The lowest BCUT2D eigenvalue weighted by atomic mass is 9.84. The lowest BCUT2D eigenvalue weighted by Gasteiger charge is -2.27. The predicted molar refractivity (Wildman–Crippen MR) is 101 cm³/mol. The van der Waals surface area contributed by atoms with Crippen LogP contribution in [0, 0.1) is 6.92 Å². The van der Waals surface area contributed by atoms with E-state index in [1.807, 2.05) is 18.3 Å². The van der Waals surface area contributed by atoms with Crippen LogP contribution in [0.15, 0.2) is 35.5 Å². The molecule has 2 aromatic rings. The zero-order valence-corrected chi connectivity index (χ0v) is 15.8. The van der Waals surface area contributed by atoms with E-state index in [4.69, 9.17) is 4.74 Å². The van der Waals surface area contributed by atoms with Crippen LogP contribution in [0.2, 0.25) is 0 Å². The summed E-state index contributed by atoms with van der Waals surface area (Å²) in [5.41, 5.74) is 1.23. The van der Waals surface area contributed by atoms with Gasteiger partial charge in [-0.15, -0.1) is 11.3 Å². The number of hydrogen-bond acceptors (Lipinski definition) is 4. The third-order valence-electron chi connectivity index (χ3n) is 3.87. The Kier molecular flexibility index (Phi) is 6.20. The molecule has 0 saturated heterocycles. The first-order valence-electron chi connectivity index (χ1n) is 7.95. The molecule has 0 radical (unpaired) electrons. The van der Waals surface area contributed by atoms with Gasteiger partial charge in [-0.1, -0.05) is 26.0 Å². The number of ether oxygens (including phenoxy) is 1. The summed E-state index contributed by atoms with van der Waals surface area (Å²) >= 11 is 1.70. The number of rotatable bonds is 6. The molecule has 1 heterocycles. The lowest BCUT2D eigenvalue weighted by molar-refractivity contribution is 0.414. The van der Waals surface area contributed by atoms with Crippen molar-refractivity contribution in [1.82, 2.24) is 15.6 Å². The summed E-state index contributed by atoms with van der Waals surface area (Å²) in [5.74, 6) is 1.66. The average molecular weight is 347 g/mol. The molecule has 2 rings (SSSR count). The van der Waals surface area contributed by atoms with Crippen molar-refractivity contribution < 1.29 is 4.74 Å². The standard InChI is InChI=1S/C18H26N4OS/c1-13-10-20-16(24-13)11-21-17(19-4)22-12-18(2,3)14-6-8-15(23-5)9-7-14/h6-10H,11-12H2,1-5H3,(H2,19,21,22). The van der Waals surface area contributed by atoms with Crippen LogP contribution in [0.1, 0.15) is 29.3 Å². The number of nitrogens with zero attached hydrogens (tertiary/aromatic N) is 2. The van der Waals surface area contributed by atoms with Crippen molar-refractivity contribution in [3.63, 3.8) is 0 Å². The van der Waals surface area contributed by atoms with Gasteiger partial charge in [0.1, 0.15) is 10.8 Å². The van der Waals surface area contributed by atoms with Gasteiger partial charge in [-0.3, -0.25) is 4.99 Å². The molecule has 0 unspecified atom stereocenters. The van der Waals surface area contributed by atoms with Gasteiger partial charge in [0.2, 0.25) is 0 Å². The van der Waals surface area contributed by atoms with Gasteiger partial charge in [-0.05, 0) is 24.6 Å². The number of hydrogen-bond donors (Lipinski definition) is 2. The van der Waals surface area contributed by atoms with Crippen LogP contribution in [0.5, 0.6) is 5.75 Å². The summed E-state index contributed by atoms with van der Waals surface area (Å²) in [5, 5.41) is 7.77. The molecule has 0 bridgehead atoms. The molecule has 5 nitrogen and oxygen atoms in total. The molecule has 0 spiro atoms. The second-order valence-electron chi connectivity index (χ2n) is 6.26. The number of thiazole rings is 1. The van der Waals surface area contributed by atoms with E-state index in [0.29, 0.717) is 6.54 Å². The highest BCUT2D eigenvalue weighted by Crippen LogP contribution is 2.24. The van der Waals surface area contributed by atoms with Gasteiger partial charge in [-0.2, -0.15) is 0 Å². The number of methoxy groups -OCH3 is 1. The van der Waals surface area contributed by atoms with E-state index in [9.17, 15) is 0 Å². The fourth-order valence-electron chi connectivity index (χ4n) is 2.31. The molecule has 0 aliphatic carbocycles. The van der Waals surface area contributed by atoms with Gasteiger partial charge in [-0.25, -0.2) is 4.98 Å². The first kappa shape index (κ1) is 18.3. The molecule has 2 N–H and O–H groups in total. The Morgan fingerprint density at radius 2 is 1.96 bits per heavy atom. The van der Waals surface area contributed by atoms with Gasteiger partial charge >= 0.3 is 0 Å². The Balaban J connectivity index is 1.90. The summed E-state index contributed by atoms with van der Waals surface area (Å²) in [6, 6.07) is 8.20. The Labute approximate surface area is 148 Å². The van der Waals surface area contributed by atoms with Gasteiger partial charge in [0.05, 0.1) is 13.7 Å². The molecular formula is C18H26N4OS. The van der Waals surface area contributed by atoms with Gasteiger partial charge < -0.3 is 15.4 Å². The Morgan fingerprint density at radius 3 is 2.50 bits per heavy atom. The second kappa shape index (κ2) is 8.15. The third-order valence-corrected chi connectivity index (χ3v) is 4.78. The van der Waals surface area contributed by atoms with Crippen molar-refractivity contribution in [3.8, 4) is 5.75 Å². The molecule has 1 aromatic heterocycles. The molecular weight excluding hydrogens is 320 g/mol. The highest BCUT2D eigenvalue weighted by Gasteiger charge is 2.21. The van der Waals surface area contributed by atoms with Crippen LogP contribution in [-0.4, -0.2) is 31.6 Å². The summed E-state index contributed by atoms with van der Waals surface area (Å²) in [6.07, 6.45) is 1.89. The minimum absolute atomic E-state index is 0.0261. The monoisotopic (exact) mass is 346 g/mol. The highest BCUT2D eigenvalue weighted by atomic mass is 32.1. The number of benzene rings is 1. The predicted octanol–water partition coefficient (Wildman–Crippen LogP) is 3.10. The van der Waals surface area contributed by atoms with Crippen LogP contribution in [-0.2, 0) is 12.0 Å². The molecule has 24 heavy (non-hydrogen) atoms. The minimum atomic E-state index is -0.0261. The molecule has 0 atom stereocenters. The first-order chi connectivity index (χ1) is 11.4. The molecule has 130 valence electrons. The summed E-state index contributed by atoms with van der Waals surface area (Å²) < 4.78 is 5.22. The van der Waals surface area contributed by atoms with Crippen molar-refractivity contribution in [1.29, 1.82) is 0 Å². The van der Waals surface area contributed by atoms with E-state index in [1.165, 1.54) is 10.4 Å². The van der Waals surface area contributed by atoms with Gasteiger partial charge in [0.15, 0.2) is 5.96 Å². The summed E-state index contributed by atoms with van der Waals surface area (Å²) in [4.78, 5) is 9.86. The van der Waals surface area contributed by atoms with Crippen LogP contribution >= 0.6 is 11.3 Å². The van der Waals surface area contributed by atoms with Crippen molar-refractivity contribution in [2.24, 2.45) is 4.99 Å². The Morgan fingerprint density at radius 1 is 1.25 bits per heavy atom. The van der Waals surface area contributed by atoms with E-state index >= 15 is 0 Å².